The number of urea groups is 1. The third kappa shape index (κ3) is 3.89. The van der Waals surface area contributed by atoms with Crippen molar-refractivity contribution in [3.63, 3.8) is 0 Å². The van der Waals surface area contributed by atoms with E-state index >= 15 is 0 Å². The minimum absolute atomic E-state index is 0.0255. The summed E-state index contributed by atoms with van der Waals surface area (Å²) in [5.74, 6) is 0.626. The normalized spacial score (nSPS) is 20.5. The van der Waals surface area contributed by atoms with E-state index in [0.717, 1.165) is 49.2 Å². The van der Waals surface area contributed by atoms with Crippen molar-refractivity contribution < 1.29 is 9.59 Å². The van der Waals surface area contributed by atoms with E-state index in [-0.39, 0.29) is 11.9 Å². The summed E-state index contributed by atoms with van der Waals surface area (Å²) in [5, 5.41) is 5.90. The molecule has 130 valence electrons. The van der Waals surface area contributed by atoms with Gasteiger partial charge in [-0.2, -0.15) is 0 Å². The Balaban J connectivity index is 1.69. The molecule has 2 aliphatic heterocycles. The van der Waals surface area contributed by atoms with E-state index in [0.29, 0.717) is 18.4 Å². The molecule has 24 heavy (non-hydrogen) atoms. The topological polar surface area (TPSA) is 61.4 Å². The molecule has 1 fully saturated rings. The smallest absolute Gasteiger partial charge is 0.322 e. The van der Waals surface area contributed by atoms with Crippen molar-refractivity contribution in [3.8, 4) is 0 Å². The van der Waals surface area contributed by atoms with Crippen LogP contribution in [-0.2, 0) is 11.2 Å². The number of nitrogens with zero attached hydrogens (tertiary/aromatic N) is 1. The Morgan fingerprint density at radius 2 is 2.17 bits per heavy atom. The zero-order valence-electron chi connectivity index (χ0n) is 14.6. The summed E-state index contributed by atoms with van der Waals surface area (Å²) in [5.41, 5.74) is 2.69. The maximum atomic E-state index is 12.7. The van der Waals surface area contributed by atoms with Gasteiger partial charge in [0.2, 0.25) is 5.91 Å². The fraction of sp³-hybridized carbons (Fsp3) is 0.579. The van der Waals surface area contributed by atoms with Gasteiger partial charge in [-0.3, -0.25) is 4.79 Å². The highest BCUT2D eigenvalue weighted by Crippen LogP contribution is 2.27. The molecule has 1 aromatic rings. The van der Waals surface area contributed by atoms with Gasteiger partial charge in [-0.1, -0.05) is 19.9 Å². The molecule has 0 unspecified atom stereocenters. The van der Waals surface area contributed by atoms with E-state index in [1.54, 1.807) is 0 Å². The standard InChI is InChI=1S/C19H27N3O2/c1-13(2)11-16-5-3-4-10-22(16)19(24)20-15-8-6-14-7-9-18(23)21-17(14)12-15/h6,8,12-13,16H,3-5,7,9-11H2,1-2H3,(H,20,24)(H,21,23)/t16-/m1/s1. The average molecular weight is 329 g/mol. The van der Waals surface area contributed by atoms with E-state index in [1.165, 1.54) is 6.42 Å². The predicted octanol–water partition coefficient (Wildman–Crippen LogP) is 4.00. The summed E-state index contributed by atoms with van der Waals surface area (Å²) < 4.78 is 0. The van der Waals surface area contributed by atoms with E-state index in [2.05, 4.69) is 24.5 Å². The lowest BCUT2D eigenvalue weighted by Crippen LogP contribution is -2.46. The molecule has 1 saturated heterocycles. The van der Waals surface area contributed by atoms with Crippen LogP contribution in [0.4, 0.5) is 16.2 Å². The average Bonchev–Trinajstić information content (AvgIpc) is 2.54. The van der Waals surface area contributed by atoms with Crippen LogP contribution in [0.2, 0.25) is 0 Å². The maximum absolute atomic E-state index is 12.7. The number of benzene rings is 1. The number of piperidine rings is 1. The monoisotopic (exact) mass is 329 g/mol. The van der Waals surface area contributed by atoms with Crippen LogP contribution in [0.5, 0.6) is 0 Å². The Hall–Kier alpha value is -2.04. The van der Waals surface area contributed by atoms with Crippen molar-refractivity contribution >= 4 is 23.3 Å². The Morgan fingerprint density at radius 3 is 2.96 bits per heavy atom. The van der Waals surface area contributed by atoms with Gasteiger partial charge in [0, 0.05) is 30.4 Å². The van der Waals surface area contributed by atoms with Crippen molar-refractivity contribution in [1.82, 2.24) is 4.90 Å². The summed E-state index contributed by atoms with van der Waals surface area (Å²) in [6, 6.07) is 6.09. The van der Waals surface area contributed by atoms with Gasteiger partial charge in [-0.05, 0) is 55.7 Å². The van der Waals surface area contributed by atoms with Gasteiger partial charge in [0.05, 0.1) is 0 Å². The molecular formula is C19H27N3O2. The van der Waals surface area contributed by atoms with Crippen molar-refractivity contribution in [1.29, 1.82) is 0 Å². The van der Waals surface area contributed by atoms with Crippen LogP contribution in [-0.4, -0.2) is 29.4 Å². The number of nitrogens with one attached hydrogen (secondary N) is 2. The van der Waals surface area contributed by atoms with Gasteiger partial charge >= 0.3 is 6.03 Å². The van der Waals surface area contributed by atoms with Gasteiger partial charge in [-0.15, -0.1) is 0 Å². The van der Waals surface area contributed by atoms with Crippen LogP contribution < -0.4 is 10.6 Å². The van der Waals surface area contributed by atoms with Gasteiger partial charge < -0.3 is 15.5 Å². The Labute approximate surface area is 143 Å². The highest BCUT2D eigenvalue weighted by atomic mass is 16.2. The lowest BCUT2D eigenvalue weighted by molar-refractivity contribution is -0.116. The Morgan fingerprint density at radius 1 is 1.33 bits per heavy atom. The van der Waals surface area contributed by atoms with Gasteiger partial charge in [0.15, 0.2) is 0 Å². The molecule has 5 nitrogen and oxygen atoms in total. The van der Waals surface area contributed by atoms with Crippen LogP contribution >= 0.6 is 0 Å². The maximum Gasteiger partial charge on any atom is 0.322 e. The molecule has 1 aromatic carbocycles. The van der Waals surface area contributed by atoms with E-state index < -0.39 is 0 Å². The van der Waals surface area contributed by atoms with Crippen LogP contribution in [0, 0.1) is 5.92 Å². The molecule has 2 aliphatic rings. The number of hydrogen-bond acceptors (Lipinski definition) is 2. The van der Waals surface area contributed by atoms with Crippen molar-refractivity contribution in [2.45, 2.75) is 58.4 Å². The summed E-state index contributed by atoms with van der Waals surface area (Å²) in [4.78, 5) is 26.3. The number of aryl methyl sites for hydroxylation is 1. The van der Waals surface area contributed by atoms with Gasteiger partial charge in [0.1, 0.15) is 0 Å². The third-order valence-electron chi connectivity index (χ3n) is 4.89. The second-order valence-electron chi connectivity index (χ2n) is 7.32. The lowest BCUT2D eigenvalue weighted by atomic mass is 9.94. The molecule has 0 radical (unpaired) electrons. The molecule has 3 rings (SSSR count). The first-order chi connectivity index (χ1) is 11.5. The van der Waals surface area contributed by atoms with Crippen LogP contribution in [0.3, 0.4) is 0 Å². The molecule has 0 aromatic heterocycles. The molecule has 0 aliphatic carbocycles. The SMILES string of the molecule is CC(C)C[C@H]1CCCCN1C(=O)Nc1ccc2c(c1)NC(=O)CC2. The first-order valence-corrected chi connectivity index (χ1v) is 9.03. The highest BCUT2D eigenvalue weighted by molar-refractivity contribution is 5.96. The number of hydrogen-bond donors (Lipinski definition) is 2. The van der Waals surface area contributed by atoms with E-state index in [9.17, 15) is 9.59 Å². The Kier molecular flexibility index (Phi) is 5.07. The zero-order valence-corrected chi connectivity index (χ0v) is 14.6. The molecule has 0 bridgehead atoms. The third-order valence-corrected chi connectivity index (χ3v) is 4.89. The fourth-order valence-electron chi connectivity index (χ4n) is 3.70. The van der Waals surface area contributed by atoms with E-state index in [4.69, 9.17) is 0 Å². The number of carbonyl (C=O) groups excluding carboxylic acids is 2. The van der Waals surface area contributed by atoms with E-state index in [1.807, 2.05) is 23.1 Å². The molecule has 0 saturated carbocycles. The van der Waals surface area contributed by atoms with Crippen LogP contribution in [0.1, 0.15) is 51.5 Å². The fourth-order valence-corrected chi connectivity index (χ4v) is 3.70. The largest absolute Gasteiger partial charge is 0.326 e. The second-order valence-corrected chi connectivity index (χ2v) is 7.32. The summed E-state index contributed by atoms with van der Waals surface area (Å²) >= 11 is 0. The Bertz CT molecular complexity index is 627. The molecule has 2 heterocycles. The zero-order chi connectivity index (χ0) is 17.1. The first kappa shape index (κ1) is 16.8. The molecule has 5 heteroatoms. The number of anilines is 2. The molecule has 0 spiro atoms. The molecule has 2 N–H and O–H groups in total. The van der Waals surface area contributed by atoms with Crippen molar-refractivity contribution in [2.24, 2.45) is 5.92 Å². The number of carbonyl (C=O) groups is 2. The highest BCUT2D eigenvalue weighted by Gasteiger charge is 2.27. The van der Waals surface area contributed by atoms with Crippen molar-refractivity contribution in [3.05, 3.63) is 23.8 Å². The van der Waals surface area contributed by atoms with Crippen LogP contribution in [0.25, 0.3) is 0 Å². The summed E-state index contributed by atoms with van der Waals surface area (Å²) in [6.07, 6.45) is 5.70. The van der Waals surface area contributed by atoms with Gasteiger partial charge in [0.25, 0.3) is 0 Å². The summed E-state index contributed by atoms with van der Waals surface area (Å²) in [7, 11) is 0. The van der Waals surface area contributed by atoms with Crippen LogP contribution in [0.15, 0.2) is 18.2 Å². The number of fused-ring (bicyclic) bond motifs is 1. The minimum Gasteiger partial charge on any atom is -0.326 e. The van der Waals surface area contributed by atoms with Crippen molar-refractivity contribution in [2.75, 3.05) is 17.2 Å². The first-order valence-electron chi connectivity index (χ1n) is 9.03. The quantitative estimate of drug-likeness (QED) is 0.880. The number of amides is 3. The summed E-state index contributed by atoms with van der Waals surface area (Å²) in [6.45, 7) is 5.23. The minimum atomic E-state index is -0.0255. The predicted molar refractivity (Wildman–Crippen MR) is 96.2 cm³/mol. The van der Waals surface area contributed by atoms with Gasteiger partial charge in [-0.25, -0.2) is 4.79 Å². The number of rotatable bonds is 3. The molecular weight excluding hydrogens is 302 g/mol. The molecule has 3 amide bonds. The molecule has 1 atom stereocenters. The lowest BCUT2D eigenvalue weighted by Gasteiger charge is -2.36. The second kappa shape index (κ2) is 7.24. The number of likely N-dealkylation sites (tertiary alicyclic amines) is 1.